The number of aliphatic imine (C=N–C) groups is 2. The molecule has 2 aromatic rings. The van der Waals surface area contributed by atoms with Gasteiger partial charge in [0.15, 0.2) is 0 Å². The monoisotopic (exact) mass is 356 g/mol. The Morgan fingerprint density at radius 1 is 1.16 bits per heavy atom. The molecule has 1 aliphatic heterocycles. The Labute approximate surface area is 151 Å². The molecule has 0 unspecified atom stereocenters. The van der Waals surface area contributed by atoms with Crippen LogP contribution in [0.15, 0.2) is 28.2 Å². The van der Waals surface area contributed by atoms with Gasteiger partial charge in [-0.25, -0.2) is 9.98 Å². The van der Waals surface area contributed by atoms with E-state index < -0.39 is 5.66 Å². The molecule has 0 radical (unpaired) electrons. The van der Waals surface area contributed by atoms with Crippen LogP contribution in [0, 0.1) is 0 Å². The van der Waals surface area contributed by atoms with Gasteiger partial charge in [0.25, 0.3) is 0 Å². The zero-order valence-electron chi connectivity index (χ0n) is 14.7. The van der Waals surface area contributed by atoms with Crippen LogP contribution in [0.4, 0.5) is 5.69 Å². The SMILES string of the molecule is CC(C)c1nc2ccc(N3C(N)=NC(N)=NC34CCCCC4)cc2s1. The van der Waals surface area contributed by atoms with Crippen LogP contribution >= 0.6 is 11.3 Å². The number of guanidine groups is 2. The third-order valence-corrected chi connectivity index (χ3v) is 6.31. The van der Waals surface area contributed by atoms with Gasteiger partial charge in [0.2, 0.25) is 11.9 Å². The van der Waals surface area contributed by atoms with Gasteiger partial charge >= 0.3 is 0 Å². The number of thiazole rings is 1. The third kappa shape index (κ3) is 2.76. The molecule has 132 valence electrons. The van der Waals surface area contributed by atoms with Crippen molar-refractivity contribution in [1.29, 1.82) is 0 Å². The van der Waals surface area contributed by atoms with Crippen molar-refractivity contribution in [2.24, 2.45) is 21.5 Å². The van der Waals surface area contributed by atoms with Crippen molar-refractivity contribution in [3.05, 3.63) is 23.2 Å². The van der Waals surface area contributed by atoms with Crippen molar-refractivity contribution in [1.82, 2.24) is 4.98 Å². The summed E-state index contributed by atoms with van der Waals surface area (Å²) in [6, 6.07) is 6.30. The first-order valence-electron chi connectivity index (χ1n) is 8.89. The van der Waals surface area contributed by atoms with Crippen LogP contribution in [0.25, 0.3) is 10.2 Å². The number of fused-ring (bicyclic) bond motifs is 1. The lowest BCUT2D eigenvalue weighted by atomic mass is 9.87. The van der Waals surface area contributed by atoms with Crippen LogP contribution in [-0.4, -0.2) is 22.6 Å². The van der Waals surface area contributed by atoms with Gasteiger partial charge in [-0.2, -0.15) is 4.99 Å². The Balaban J connectivity index is 1.80. The summed E-state index contributed by atoms with van der Waals surface area (Å²) >= 11 is 1.74. The summed E-state index contributed by atoms with van der Waals surface area (Å²) in [4.78, 5) is 15.8. The topological polar surface area (TPSA) is 92.9 Å². The van der Waals surface area contributed by atoms with Gasteiger partial charge in [-0.3, -0.25) is 4.90 Å². The van der Waals surface area contributed by atoms with E-state index in [1.807, 2.05) is 0 Å². The van der Waals surface area contributed by atoms with Crippen LogP contribution in [0.2, 0.25) is 0 Å². The Bertz CT molecular complexity index is 860. The molecule has 1 aromatic carbocycles. The van der Waals surface area contributed by atoms with Gasteiger partial charge in [-0.15, -0.1) is 11.3 Å². The van der Waals surface area contributed by atoms with Crippen LogP contribution < -0.4 is 16.4 Å². The maximum absolute atomic E-state index is 6.31. The maximum Gasteiger partial charge on any atom is 0.220 e. The molecule has 1 aromatic heterocycles. The quantitative estimate of drug-likeness (QED) is 0.861. The molecule has 7 heteroatoms. The summed E-state index contributed by atoms with van der Waals surface area (Å²) in [6.07, 6.45) is 5.37. The summed E-state index contributed by atoms with van der Waals surface area (Å²) in [7, 11) is 0. The maximum atomic E-state index is 6.31. The average Bonchev–Trinajstić information content (AvgIpc) is 2.98. The number of anilines is 1. The van der Waals surface area contributed by atoms with E-state index >= 15 is 0 Å². The van der Waals surface area contributed by atoms with Crippen molar-refractivity contribution < 1.29 is 0 Å². The normalized spacial score (nSPS) is 20.2. The van der Waals surface area contributed by atoms with Gasteiger partial charge in [-0.05, 0) is 43.9 Å². The first-order valence-corrected chi connectivity index (χ1v) is 9.70. The van der Waals surface area contributed by atoms with E-state index in [1.54, 1.807) is 11.3 Å². The first-order chi connectivity index (χ1) is 12.0. The molecular formula is C18H24N6S. The standard InChI is InChI=1S/C18H24N6S/c1-11(2)15-21-13-7-6-12(10-14(13)25-15)24-17(20)22-16(19)23-18(24)8-4-3-5-9-18/h6-7,10-11H,3-5,8-9H2,1-2H3,(H4,19,20,22,23). The molecule has 4 N–H and O–H groups in total. The van der Waals surface area contributed by atoms with Crippen molar-refractivity contribution in [3.63, 3.8) is 0 Å². The fourth-order valence-corrected chi connectivity index (χ4v) is 4.81. The van der Waals surface area contributed by atoms with E-state index in [2.05, 4.69) is 41.9 Å². The second-order valence-corrected chi connectivity index (χ2v) is 8.24. The largest absolute Gasteiger partial charge is 0.369 e. The highest BCUT2D eigenvalue weighted by Gasteiger charge is 2.42. The molecule has 0 atom stereocenters. The lowest BCUT2D eigenvalue weighted by molar-refractivity contribution is 0.305. The van der Waals surface area contributed by atoms with Crippen molar-refractivity contribution in [2.45, 2.75) is 57.5 Å². The predicted molar refractivity (Wildman–Crippen MR) is 105 cm³/mol. The average molecular weight is 356 g/mol. The smallest absolute Gasteiger partial charge is 0.220 e. The molecule has 2 heterocycles. The molecular weight excluding hydrogens is 332 g/mol. The highest BCUT2D eigenvalue weighted by molar-refractivity contribution is 7.18. The zero-order valence-corrected chi connectivity index (χ0v) is 15.5. The summed E-state index contributed by atoms with van der Waals surface area (Å²) in [5.41, 5.74) is 13.9. The fraction of sp³-hybridized carbons (Fsp3) is 0.500. The number of aromatic nitrogens is 1. The summed E-state index contributed by atoms with van der Waals surface area (Å²) in [5, 5.41) is 1.15. The molecule has 6 nitrogen and oxygen atoms in total. The highest BCUT2D eigenvalue weighted by atomic mass is 32.1. The van der Waals surface area contributed by atoms with Crippen LogP contribution in [0.5, 0.6) is 0 Å². The van der Waals surface area contributed by atoms with Crippen molar-refractivity contribution in [2.75, 3.05) is 4.90 Å². The first kappa shape index (κ1) is 16.3. The van der Waals surface area contributed by atoms with Crippen molar-refractivity contribution >= 4 is 39.2 Å². The lowest BCUT2D eigenvalue weighted by Gasteiger charge is -2.45. The van der Waals surface area contributed by atoms with Gasteiger partial charge in [0.1, 0.15) is 5.66 Å². The minimum absolute atomic E-state index is 0.289. The van der Waals surface area contributed by atoms with Crippen LogP contribution in [0.1, 0.15) is 56.9 Å². The number of nitrogens with zero attached hydrogens (tertiary/aromatic N) is 4. The number of nitrogens with two attached hydrogens (primary N) is 2. The number of benzene rings is 1. The minimum atomic E-state index is -0.395. The molecule has 0 bridgehead atoms. The summed E-state index contributed by atoms with van der Waals surface area (Å²) < 4.78 is 1.17. The Morgan fingerprint density at radius 2 is 1.92 bits per heavy atom. The molecule has 1 spiro atoms. The second kappa shape index (κ2) is 5.98. The fourth-order valence-electron chi connectivity index (χ4n) is 3.81. The van der Waals surface area contributed by atoms with Crippen LogP contribution in [-0.2, 0) is 0 Å². The van der Waals surface area contributed by atoms with Gasteiger partial charge in [0.05, 0.1) is 15.2 Å². The highest BCUT2D eigenvalue weighted by Crippen LogP contribution is 2.40. The van der Waals surface area contributed by atoms with E-state index in [4.69, 9.17) is 21.4 Å². The van der Waals surface area contributed by atoms with E-state index in [0.717, 1.165) is 41.9 Å². The Morgan fingerprint density at radius 3 is 2.64 bits per heavy atom. The number of hydrogen-bond donors (Lipinski definition) is 2. The number of hydrogen-bond acceptors (Lipinski definition) is 7. The molecule has 25 heavy (non-hydrogen) atoms. The second-order valence-electron chi connectivity index (χ2n) is 7.18. The zero-order chi connectivity index (χ0) is 17.6. The van der Waals surface area contributed by atoms with E-state index in [1.165, 1.54) is 11.1 Å². The Kier molecular flexibility index (Phi) is 3.91. The predicted octanol–water partition coefficient (Wildman–Crippen LogP) is 3.53. The lowest BCUT2D eigenvalue weighted by Crippen LogP contribution is -2.58. The summed E-state index contributed by atoms with van der Waals surface area (Å²) in [6.45, 7) is 4.34. The molecule has 1 fully saturated rings. The molecule has 0 saturated heterocycles. The van der Waals surface area contributed by atoms with Gasteiger partial charge in [-0.1, -0.05) is 20.3 Å². The van der Waals surface area contributed by atoms with Crippen LogP contribution in [0.3, 0.4) is 0 Å². The molecule has 4 rings (SSSR count). The van der Waals surface area contributed by atoms with Gasteiger partial charge < -0.3 is 11.5 Å². The minimum Gasteiger partial charge on any atom is -0.369 e. The Hall–Kier alpha value is -2.15. The van der Waals surface area contributed by atoms with E-state index in [0.29, 0.717) is 11.9 Å². The van der Waals surface area contributed by atoms with Gasteiger partial charge in [0, 0.05) is 11.6 Å². The molecule has 0 amide bonds. The molecule has 1 saturated carbocycles. The number of rotatable bonds is 2. The molecule has 1 aliphatic carbocycles. The van der Waals surface area contributed by atoms with E-state index in [-0.39, 0.29) is 5.96 Å². The third-order valence-electron chi connectivity index (χ3n) is 4.99. The summed E-state index contributed by atoms with van der Waals surface area (Å²) in [5.74, 6) is 1.15. The van der Waals surface area contributed by atoms with E-state index in [9.17, 15) is 0 Å². The van der Waals surface area contributed by atoms with Crippen molar-refractivity contribution in [3.8, 4) is 0 Å². The molecule has 2 aliphatic rings.